The fourth-order valence-electron chi connectivity index (χ4n) is 4.36. The number of aryl methyl sites for hydroxylation is 2. The second kappa shape index (κ2) is 10.5. The number of carbonyl (C=O) groups excluding carboxylic acids is 2. The number of hydrogen-bond acceptors (Lipinski definition) is 4. The van der Waals surface area contributed by atoms with Crippen LogP contribution >= 0.6 is 0 Å². The Morgan fingerprint density at radius 3 is 2.17 bits per heavy atom. The monoisotopic (exact) mass is 490 g/mol. The van der Waals surface area contributed by atoms with Gasteiger partial charge in [0.2, 0.25) is 10.0 Å². The number of benzene rings is 3. The Morgan fingerprint density at radius 1 is 0.886 bits per heavy atom. The summed E-state index contributed by atoms with van der Waals surface area (Å²) in [4.78, 5) is 27.8. The van der Waals surface area contributed by atoms with Crippen molar-refractivity contribution in [2.75, 3.05) is 13.1 Å². The van der Waals surface area contributed by atoms with E-state index < -0.39 is 10.0 Å². The lowest BCUT2D eigenvalue weighted by molar-refractivity contribution is 0.0650. The number of sulfonamides is 1. The van der Waals surface area contributed by atoms with Crippen LogP contribution in [0.3, 0.4) is 0 Å². The van der Waals surface area contributed by atoms with E-state index in [0.717, 1.165) is 11.1 Å². The quantitative estimate of drug-likeness (QED) is 0.494. The van der Waals surface area contributed by atoms with Gasteiger partial charge in [-0.15, -0.1) is 0 Å². The van der Waals surface area contributed by atoms with Crippen LogP contribution in [0, 0.1) is 19.8 Å². The summed E-state index contributed by atoms with van der Waals surface area (Å²) in [6, 6.07) is 21.6. The van der Waals surface area contributed by atoms with Gasteiger partial charge in [0.15, 0.2) is 5.78 Å². The van der Waals surface area contributed by atoms with E-state index in [1.807, 2.05) is 61.5 Å². The highest BCUT2D eigenvalue weighted by Crippen LogP contribution is 2.25. The number of rotatable bonds is 7. The Morgan fingerprint density at radius 2 is 1.51 bits per heavy atom. The van der Waals surface area contributed by atoms with Gasteiger partial charge in [-0.3, -0.25) is 9.59 Å². The van der Waals surface area contributed by atoms with E-state index in [1.54, 1.807) is 24.0 Å². The highest BCUT2D eigenvalue weighted by Gasteiger charge is 2.29. The summed E-state index contributed by atoms with van der Waals surface area (Å²) in [5.41, 5.74) is 3.57. The number of ketones is 1. The smallest absolute Gasteiger partial charge is 0.253 e. The number of likely N-dealkylation sites (tertiary alicyclic amines) is 1. The number of nitrogens with one attached hydrogen (secondary N) is 1. The number of piperidine rings is 1. The molecule has 1 aliphatic rings. The van der Waals surface area contributed by atoms with Crippen LogP contribution in [0.4, 0.5) is 0 Å². The van der Waals surface area contributed by atoms with E-state index in [9.17, 15) is 18.0 Å². The molecule has 0 unspecified atom stereocenters. The molecule has 0 saturated carbocycles. The van der Waals surface area contributed by atoms with E-state index in [2.05, 4.69) is 4.72 Å². The fraction of sp³-hybridized carbons (Fsp3) is 0.286. The van der Waals surface area contributed by atoms with Gasteiger partial charge in [0.25, 0.3) is 5.91 Å². The van der Waals surface area contributed by atoms with E-state index in [0.29, 0.717) is 42.6 Å². The van der Waals surface area contributed by atoms with Crippen LogP contribution in [0.1, 0.15) is 50.2 Å². The van der Waals surface area contributed by atoms with Crippen LogP contribution in [-0.2, 0) is 16.6 Å². The normalized spacial score (nSPS) is 14.6. The summed E-state index contributed by atoms with van der Waals surface area (Å²) >= 11 is 0. The van der Waals surface area contributed by atoms with E-state index in [4.69, 9.17) is 0 Å². The molecule has 3 aromatic carbocycles. The first-order valence-electron chi connectivity index (χ1n) is 11.8. The van der Waals surface area contributed by atoms with Gasteiger partial charge in [-0.1, -0.05) is 66.2 Å². The summed E-state index contributed by atoms with van der Waals surface area (Å²) < 4.78 is 28.6. The minimum absolute atomic E-state index is 0.101. The summed E-state index contributed by atoms with van der Waals surface area (Å²) in [5.74, 6) is -0.214. The minimum atomic E-state index is -3.80. The SMILES string of the molecule is Cc1ccc(C(=O)C2CCN(C(=O)c3ccc(C)c(S(=O)(=O)NCc4ccccc4)c3)CC2)cc1. The number of hydrogen-bond donors (Lipinski definition) is 1. The standard InChI is InChI=1S/C28H30N2O4S/c1-20-8-11-23(12-9-20)27(31)24-14-16-30(17-15-24)28(32)25-13-10-21(2)26(18-25)35(33,34)29-19-22-6-4-3-5-7-22/h3-13,18,24,29H,14-17,19H2,1-2H3. The Labute approximate surface area is 207 Å². The highest BCUT2D eigenvalue weighted by molar-refractivity contribution is 7.89. The third-order valence-corrected chi connectivity index (χ3v) is 8.07. The van der Waals surface area contributed by atoms with Gasteiger partial charge < -0.3 is 4.90 Å². The summed E-state index contributed by atoms with van der Waals surface area (Å²) in [5, 5.41) is 0. The third kappa shape index (κ3) is 5.86. The van der Waals surface area contributed by atoms with E-state index >= 15 is 0 Å². The van der Waals surface area contributed by atoms with Gasteiger partial charge in [0, 0.05) is 36.7 Å². The summed E-state index contributed by atoms with van der Waals surface area (Å²) in [6.45, 7) is 4.79. The molecule has 0 aromatic heterocycles. The van der Waals surface area contributed by atoms with Gasteiger partial charge >= 0.3 is 0 Å². The van der Waals surface area contributed by atoms with Gasteiger partial charge in [-0.25, -0.2) is 13.1 Å². The number of Topliss-reactive ketones (excluding diaryl/α,β-unsaturated/α-hetero) is 1. The highest BCUT2D eigenvalue weighted by atomic mass is 32.2. The van der Waals surface area contributed by atoms with Crippen LogP contribution in [0.25, 0.3) is 0 Å². The average Bonchev–Trinajstić information content (AvgIpc) is 2.88. The van der Waals surface area contributed by atoms with Gasteiger partial charge in [0.1, 0.15) is 0 Å². The first-order chi connectivity index (χ1) is 16.7. The molecule has 1 heterocycles. The van der Waals surface area contributed by atoms with Crippen molar-refractivity contribution in [3.63, 3.8) is 0 Å². The van der Waals surface area contributed by atoms with Crippen LogP contribution in [0.15, 0.2) is 77.7 Å². The average molecular weight is 491 g/mol. The van der Waals surface area contributed by atoms with Crippen LogP contribution in [0.5, 0.6) is 0 Å². The van der Waals surface area contributed by atoms with Crippen molar-refractivity contribution in [3.05, 3.63) is 101 Å². The van der Waals surface area contributed by atoms with Crippen molar-refractivity contribution in [2.24, 2.45) is 5.92 Å². The molecule has 0 atom stereocenters. The Kier molecular flexibility index (Phi) is 7.48. The molecule has 0 aliphatic carbocycles. The molecule has 1 amide bonds. The molecule has 0 spiro atoms. The summed E-state index contributed by atoms with van der Waals surface area (Å²) in [7, 11) is -3.80. The lowest BCUT2D eigenvalue weighted by atomic mass is 9.88. The maximum absolute atomic E-state index is 13.2. The van der Waals surface area contributed by atoms with E-state index in [1.165, 1.54) is 6.07 Å². The number of nitrogens with zero attached hydrogens (tertiary/aromatic N) is 1. The van der Waals surface area contributed by atoms with Gasteiger partial charge in [0.05, 0.1) is 4.90 Å². The molecule has 4 rings (SSSR count). The zero-order chi connectivity index (χ0) is 25.0. The largest absolute Gasteiger partial charge is 0.339 e. The number of amides is 1. The fourth-order valence-corrected chi connectivity index (χ4v) is 5.64. The first-order valence-corrected chi connectivity index (χ1v) is 13.3. The minimum Gasteiger partial charge on any atom is -0.339 e. The van der Waals surface area contributed by atoms with Gasteiger partial charge in [-0.2, -0.15) is 0 Å². The van der Waals surface area contributed by atoms with Crippen molar-refractivity contribution in [3.8, 4) is 0 Å². The van der Waals surface area contributed by atoms with Crippen LogP contribution in [-0.4, -0.2) is 38.1 Å². The molecule has 0 bridgehead atoms. The second-order valence-corrected chi connectivity index (χ2v) is 10.8. The maximum Gasteiger partial charge on any atom is 0.253 e. The van der Waals surface area contributed by atoms with Gasteiger partial charge in [-0.05, 0) is 49.9 Å². The molecule has 1 fully saturated rings. The topological polar surface area (TPSA) is 83.6 Å². The molecule has 6 nitrogen and oxygen atoms in total. The van der Waals surface area contributed by atoms with E-state index in [-0.39, 0.29) is 29.0 Å². The predicted molar refractivity (Wildman–Crippen MR) is 136 cm³/mol. The first kappa shape index (κ1) is 24.8. The second-order valence-electron chi connectivity index (χ2n) is 9.09. The van der Waals surface area contributed by atoms with Crippen LogP contribution in [0.2, 0.25) is 0 Å². The Balaban J connectivity index is 1.42. The summed E-state index contributed by atoms with van der Waals surface area (Å²) in [6.07, 6.45) is 1.18. The molecule has 1 saturated heterocycles. The van der Waals surface area contributed by atoms with Crippen molar-refractivity contribution in [1.29, 1.82) is 0 Å². The number of carbonyl (C=O) groups is 2. The Bertz CT molecular complexity index is 1310. The molecule has 1 N–H and O–H groups in total. The van der Waals surface area contributed by atoms with Crippen molar-refractivity contribution in [1.82, 2.24) is 9.62 Å². The van der Waals surface area contributed by atoms with Crippen molar-refractivity contribution in [2.45, 2.75) is 38.1 Å². The molecule has 35 heavy (non-hydrogen) atoms. The molecule has 182 valence electrons. The molecule has 7 heteroatoms. The zero-order valence-corrected chi connectivity index (χ0v) is 20.8. The third-order valence-electron chi connectivity index (χ3n) is 6.52. The molecular weight excluding hydrogens is 460 g/mol. The maximum atomic E-state index is 13.2. The molecule has 3 aromatic rings. The van der Waals surface area contributed by atoms with Crippen molar-refractivity contribution < 1.29 is 18.0 Å². The van der Waals surface area contributed by atoms with Crippen LogP contribution < -0.4 is 4.72 Å². The Hall–Kier alpha value is -3.29. The molecule has 0 radical (unpaired) electrons. The lowest BCUT2D eigenvalue weighted by Crippen LogP contribution is -2.40. The lowest BCUT2D eigenvalue weighted by Gasteiger charge is -2.31. The zero-order valence-electron chi connectivity index (χ0n) is 20.0. The molecule has 1 aliphatic heterocycles. The molecular formula is C28H30N2O4S. The van der Waals surface area contributed by atoms with Crippen molar-refractivity contribution >= 4 is 21.7 Å². The predicted octanol–water partition coefficient (Wildman–Crippen LogP) is 4.52.